The summed E-state index contributed by atoms with van der Waals surface area (Å²) in [4.78, 5) is 12.5. The predicted octanol–water partition coefficient (Wildman–Crippen LogP) is 3.34. The summed E-state index contributed by atoms with van der Waals surface area (Å²) >= 11 is 0. The molecular formula is C18H19NO. The molecule has 2 aromatic rings. The van der Waals surface area contributed by atoms with Crippen molar-refractivity contribution in [1.82, 2.24) is 5.32 Å². The molecule has 0 heterocycles. The van der Waals surface area contributed by atoms with Crippen LogP contribution in [-0.4, -0.2) is 5.91 Å². The van der Waals surface area contributed by atoms with Gasteiger partial charge < -0.3 is 5.32 Å². The molecule has 2 heteroatoms. The molecule has 2 aromatic carbocycles. The summed E-state index contributed by atoms with van der Waals surface area (Å²) in [6.07, 6.45) is 1.91. The van der Waals surface area contributed by atoms with Gasteiger partial charge in [0.15, 0.2) is 0 Å². The van der Waals surface area contributed by atoms with Crippen molar-refractivity contribution in [2.75, 3.05) is 0 Å². The number of benzene rings is 2. The fraction of sp³-hybridized carbons (Fsp3) is 0.278. The number of carbonyl (C=O) groups is 1. The van der Waals surface area contributed by atoms with Crippen LogP contribution in [-0.2, 0) is 16.8 Å². The predicted molar refractivity (Wildman–Crippen MR) is 80.4 cm³/mol. The molecule has 1 aliphatic carbocycles. The van der Waals surface area contributed by atoms with E-state index < -0.39 is 0 Å². The lowest BCUT2D eigenvalue weighted by atomic mass is 9.95. The Morgan fingerprint density at radius 1 is 1.10 bits per heavy atom. The highest BCUT2D eigenvalue weighted by Gasteiger charge is 2.50. The molecule has 102 valence electrons. The Balaban J connectivity index is 1.68. The van der Waals surface area contributed by atoms with Crippen LogP contribution >= 0.6 is 0 Å². The van der Waals surface area contributed by atoms with E-state index in [0.29, 0.717) is 6.54 Å². The average molecular weight is 265 g/mol. The smallest absolute Gasteiger partial charge is 0.230 e. The molecule has 0 saturated heterocycles. The summed E-state index contributed by atoms with van der Waals surface area (Å²) in [5.41, 5.74) is 3.25. The minimum atomic E-state index is -0.273. The molecule has 1 amide bonds. The second-order valence-electron chi connectivity index (χ2n) is 5.62. The topological polar surface area (TPSA) is 29.1 Å². The Kier molecular flexibility index (Phi) is 3.31. The van der Waals surface area contributed by atoms with E-state index >= 15 is 0 Å². The first-order chi connectivity index (χ1) is 9.71. The minimum Gasteiger partial charge on any atom is -0.351 e. The number of hydrogen-bond acceptors (Lipinski definition) is 1. The van der Waals surface area contributed by atoms with E-state index in [1.165, 1.54) is 5.56 Å². The Hall–Kier alpha value is -2.09. The van der Waals surface area contributed by atoms with Crippen LogP contribution in [0.5, 0.6) is 0 Å². The zero-order chi connectivity index (χ0) is 14.0. The van der Waals surface area contributed by atoms with E-state index in [9.17, 15) is 4.79 Å². The summed E-state index contributed by atoms with van der Waals surface area (Å²) in [7, 11) is 0. The van der Waals surface area contributed by atoms with E-state index in [4.69, 9.17) is 0 Å². The highest BCUT2D eigenvalue weighted by atomic mass is 16.2. The van der Waals surface area contributed by atoms with Gasteiger partial charge in [-0.25, -0.2) is 0 Å². The molecular weight excluding hydrogens is 246 g/mol. The van der Waals surface area contributed by atoms with Crippen LogP contribution < -0.4 is 5.32 Å². The van der Waals surface area contributed by atoms with Gasteiger partial charge in [0.2, 0.25) is 5.91 Å². The van der Waals surface area contributed by atoms with Crippen molar-refractivity contribution in [2.45, 2.75) is 31.7 Å². The molecule has 1 N–H and O–H groups in total. The Morgan fingerprint density at radius 3 is 2.50 bits per heavy atom. The van der Waals surface area contributed by atoms with Crippen LogP contribution in [0.1, 0.15) is 29.5 Å². The van der Waals surface area contributed by atoms with Crippen molar-refractivity contribution >= 4 is 5.91 Å². The molecule has 3 rings (SSSR count). The third-order valence-corrected chi connectivity index (χ3v) is 4.05. The zero-order valence-electron chi connectivity index (χ0n) is 11.7. The monoisotopic (exact) mass is 265 g/mol. The normalized spacial score (nSPS) is 15.7. The van der Waals surface area contributed by atoms with Crippen LogP contribution in [0.2, 0.25) is 0 Å². The number of rotatable bonds is 4. The Labute approximate surface area is 119 Å². The molecule has 0 atom stereocenters. The maximum atomic E-state index is 12.5. The average Bonchev–Trinajstić information content (AvgIpc) is 3.27. The maximum absolute atomic E-state index is 12.5. The van der Waals surface area contributed by atoms with E-state index in [-0.39, 0.29) is 11.3 Å². The van der Waals surface area contributed by atoms with Crippen molar-refractivity contribution in [2.24, 2.45) is 0 Å². The molecule has 0 spiro atoms. The van der Waals surface area contributed by atoms with E-state index in [2.05, 4.69) is 42.6 Å². The molecule has 20 heavy (non-hydrogen) atoms. The summed E-state index contributed by atoms with van der Waals surface area (Å²) in [6, 6.07) is 18.4. The van der Waals surface area contributed by atoms with Crippen LogP contribution in [0.15, 0.2) is 54.6 Å². The molecule has 0 aromatic heterocycles. The third kappa shape index (κ3) is 2.46. The molecule has 0 aliphatic heterocycles. The quantitative estimate of drug-likeness (QED) is 0.902. The number of aryl methyl sites for hydroxylation is 1. The Bertz CT molecular complexity index is 614. The highest BCUT2D eigenvalue weighted by molar-refractivity contribution is 5.91. The van der Waals surface area contributed by atoms with Crippen molar-refractivity contribution in [3.8, 4) is 0 Å². The van der Waals surface area contributed by atoms with Crippen molar-refractivity contribution in [1.29, 1.82) is 0 Å². The van der Waals surface area contributed by atoms with Crippen LogP contribution in [0.4, 0.5) is 0 Å². The SMILES string of the molecule is Cc1cccc(CNC(=O)C2(c3ccccc3)CC2)c1. The summed E-state index contributed by atoms with van der Waals surface area (Å²) in [5.74, 6) is 0.158. The van der Waals surface area contributed by atoms with Gasteiger partial charge in [-0.15, -0.1) is 0 Å². The van der Waals surface area contributed by atoms with Gasteiger partial charge in [0.1, 0.15) is 0 Å². The first kappa shape index (κ1) is 12.9. The van der Waals surface area contributed by atoms with E-state index in [0.717, 1.165) is 24.0 Å². The second kappa shape index (κ2) is 5.12. The van der Waals surface area contributed by atoms with Gasteiger partial charge in [0.25, 0.3) is 0 Å². The Morgan fingerprint density at radius 2 is 1.85 bits per heavy atom. The van der Waals surface area contributed by atoms with Gasteiger partial charge in [-0.1, -0.05) is 60.2 Å². The number of hydrogen-bond donors (Lipinski definition) is 1. The third-order valence-electron chi connectivity index (χ3n) is 4.05. The highest BCUT2D eigenvalue weighted by Crippen LogP contribution is 2.48. The fourth-order valence-corrected chi connectivity index (χ4v) is 2.70. The van der Waals surface area contributed by atoms with E-state index in [1.807, 2.05) is 24.3 Å². The first-order valence-electron chi connectivity index (χ1n) is 7.10. The zero-order valence-corrected chi connectivity index (χ0v) is 11.7. The van der Waals surface area contributed by atoms with Crippen LogP contribution in [0, 0.1) is 6.92 Å². The van der Waals surface area contributed by atoms with Gasteiger partial charge in [0.05, 0.1) is 5.41 Å². The molecule has 1 aliphatic rings. The van der Waals surface area contributed by atoms with E-state index in [1.54, 1.807) is 0 Å². The number of nitrogens with one attached hydrogen (secondary N) is 1. The van der Waals surface area contributed by atoms with Crippen molar-refractivity contribution in [3.63, 3.8) is 0 Å². The van der Waals surface area contributed by atoms with Gasteiger partial charge in [-0.05, 0) is 30.9 Å². The summed E-state index contributed by atoms with van der Waals surface area (Å²) in [5, 5.41) is 3.09. The molecule has 1 saturated carbocycles. The standard InChI is InChI=1S/C18H19NO/c1-14-6-5-7-15(12-14)13-19-17(20)18(10-11-18)16-8-3-2-4-9-16/h2-9,12H,10-11,13H2,1H3,(H,19,20). The van der Waals surface area contributed by atoms with Crippen molar-refractivity contribution in [3.05, 3.63) is 71.3 Å². The largest absolute Gasteiger partial charge is 0.351 e. The van der Waals surface area contributed by atoms with Crippen molar-refractivity contribution < 1.29 is 4.79 Å². The summed E-state index contributed by atoms with van der Waals surface area (Å²) < 4.78 is 0. The molecule has 1 fully saturated rings. The first-order valence-corrected chi connectivity index (χ1v) is 7.10. The number of amides is 1. The fourth-order valence-electron chi connectivity index (χ4n) is 2.70. The number of carbonyl (C=O) groups excluding carboxylic acids is 1. The molecule has 0 bridgehead atoms. The lowest BCUT2D eigenvalue weighted by Crippen LogP contribution is -2.34. The minimum absolute atomic E-state index is 0.158. The van der Waals surface area contributed by atoms with Gasteiger partial charge in [-0.2, -0.15) is 0 Å². The summed E-state index contributed by atoms with van der Waals surface area (Å²) in [6.45, 7) is 2.67. The lowest BCUT2D eigenvalue weighted by Gasteiger charge is -2.16. The van der Waals surface area contributed by atoms with Gasteiger partial charge in [-0.3, -0.25) is 4.79 Å². The molecule has 0 radical (unpaired) electrons. The van der Waals surface area contributed by atoms with Gasteiger partial charge in [0, 0.05) is 6.54 Å². The molecule has 0 unspecified atom stereocenters. The molecule has 2 nitrogen and oxygen atoms in total. The van der Waals surface area contributed by atoms with Crippen LogP contribution in [0.3, 0.4) is 0 Å². The second-order valence-corrected chi connectivity index (χ2v) is 5.62. The maximum Gasteiger partial charge on any atom is 0.230 e. The van der Waals surface area contributed by atoms with Crippen LogP contribution in [0.25, 0.3) is 0 Å². The van der Waals surface area contributed by atoms with Gasteiger partial charge >= 0.3 is 0 Å². The lowest BCUT2D eigenvalue weighted by molar-refractivity contribution is -0.123.